The second-order valence-corrected chi connectivity index (χ2v) is 5.21. The third-order valence-electron chi connectivity index (χ3n) is 3.89. The first-order valence-electron chi connectivity index (χ1n) is 6.91. The van der Waals surface area contributed by atoms with E-state index in [0.717, 1.165) is 11.3 Å². The zero-order chi connectivity index (χ0) is 14.8. The molecule has 1 aliphatic heterocycles. The molecular weight excluding hydrogens is 256 g/mol. The number of aliphatic hydroxyl groups is 1. The zero-order valence-corrected chi connectivity index (χ0v) is 11.8. The first-order chi connectivity index (χ1) is 9.47. The molecule has 0 saturated heterocycles. The Kier molecular flexibility index (Phi) is 4.09. The highest BCUT2D eigenvalue weighted by Gasteiger charge is 2.24. The Hall–Kier alpha value is -1.88. The second kappa shape index (κ2) is 5.63. The van der Waals surface area contributed by atoms with Crippen LogP contribution in [-0.4, -0.2) is 29.1 Å². The molecule has 0 radical (unpaired) electrons. The number of hydrogen-bond acceptors (Lipinski definition) is 3. The van der Waals surface area contributed by atoms with Crippen LogP contribution in [-0.2, 0) is 11.2 Å². The number of nitrogens with one attached hydrogen (secondary N) is 2. The Bertz CT molecular complexity index is 536. The summed E-state index contributed by atoms with van der Waals surface area (Å²) < 4.78 is 0. The summed E-state index contributed by atoms with van der Waals surface area (Å²) in [6.07, 6.45) is 1.49. The molecule has 0 fully saturated rings. The summed E-state index contributed by atoms with van der Waals surface area (Å²) in [7, 11) is 0. The van der Waals surface area contributed by atoms with Gasteiger partial charge in [0.25, 0.3) is 5.91 Å². The molecule has 1 aliphatic rings. The van der Waals surface area contributed by atoms with Crippen molar-refractivity contribution in [1.29, 1.82) is 0 Å². The highest BCUT2D eigenvalue weighted by atomic mass is 16.3. The van der Waals surface area contributed by atoms with E-state index in [1.54, 1.807) is 18.2 Å². The molecule has 108 valence electrons. The number of amides is 2. The SMILES string of the molecule is CCC(O)(CC)CNC(=O)c1ccc2c(c1)CC(=O)N2. The van der Waals surface area contributed by atoms with Crippen molar-refractivity contribution in [3.63, 3.8) is 0 Å². The van der Waals surface area contributed by atoms with Crippen LogP contribution >= 0.6 is 0 Å². The van der Waals surface area contributed by atoms with Gasteiger partial charge in [0.15, 0.2) is 0 Å². The van der Waals surface area contributed by atoms with Gasteiger partial charge in [0.1, 0.15) is 0 Å². The standard InChI is InChI=1S/C15H20N2O3/c1-3-15(20,4-2)9-16-14(19)10-5-6-12-11(7-10)8-13(18)17-12/h5-7,20H,3-4,8-9H2,1-2H3,(H,16,19)(H,17,18). The van der Waals surface area contributed by atoms with Gasteiger partial charge in [0.05, 0.1) is 12.0 Å². The van der Waals surface area contributed by atoms with Crippen LogP contribution in [0, 0.1) is 0 Å². The summed E-state index contributed by atoms with van der Waals surface area (Å²) in [5.74, 6) is -0.281. The van der Waals surface area contributed by atoms with E-state index < -0.39 is 5.60 Å². The Morgan fingerprint density at radius 1 is 1.40 bits per heavy atom. The first-order valence-corrected chi connectivity index (χ1v) is 6.91. The number of carbonyl (C=O) groups is 2. The van der Waals surface area contributed by atoms with Crippen LogP contribution in [0.2, 0.25) is 0 Å². The van der Waals surface area contributed by atoms with Gasteiger partial charge in [-0.1, -0.05) is 13.8 Å². The van der Waals surface area contributed by atoms with Crippen molar-refractivity contribution in [1.82, 2.24) is 5.32 Å². The van der Waals surface area contributed by atoms with Crippen LogP contribution < -0.4 is 10.6 Å². The maximum Gasteiger partial charge on any atom is 0.251 e. The molecule has 20 heavy (non-hydrogen) atoms. The summed E-state index contributed by atoms with van der Waals surface area (Å²) in [5, 5.41) is 15.6. The summed E-state index contributed by atoms with van der Waals surface area (Å²) >= 11 is 0. The molecule has 2 rings (SSSR count). The number of benzene rings is 1. The minimum Gasteiger partial charge on any atom is -0.388 e. The molecule has 1 aromatic rings. The van der Waals surface area contributed by atoms with E-state index in [1.165, 1.54) is 0 Å². The van der Waals surface area contributed by atoms with E-state index in [-0.39, 0.29) is 18.4 Å². The van der Waals surface area contributed by atoms with Crippen molar-refractivity contribution < 1.29 is 14.7 Å². The highest BCUT2D eigenvalue weighted by molar-refractivity contribution is 6.01. The molecule has 0 aromatic heterocycles. The van der Waals surface area contributed by atoms with Gasteiger partial charge in [-0.2, -0.15) is 0 Å². The molecule has 0 bridgehead atoms. The van der Waals surface area contributed by atoms with Gasteiger partial charge in [-0.25, -0.2) is 0 Å². The van der Waals surface area contributed by atoms with Crippen molar-refractivity contribution in [2.24, 2.45) is 0 Å². The van der Waals surface area contributed by atoms with E-state index in [4.69, 9.17) is 0 Å². The minimum atomic E-state index is -0.857. The average molecular weight is 276 g/mol. The van der Waals surface area contributed by atoms with Gasteiger partial charge >= 0.3 is 0 Å². The van der Waals surface area contributed by atoms with Crippen LogP contribution in [0.25, 0.3) is 0 Å². The Labute approximate surface area is 118 Å². The molecule has 1 aromatic carbocycles. The lowest BCUT2D eigenvalue weighted by molar-refractivity contribution is -0.115. The van der Waals surface area contributed by atoms with E-state index in [9.17, 15) is 14.7 Å². The fourth-order valence-electron chi connectivity index (χ4n) is 2.22. The van der Waals surface area contributed by atoms with E-state index in [2.05, 4.69) is 10.6 Å². The Morgan fingerprint density at radius 2 is 2.10 bits per heavy atom. The second-order valence-electron chi connectivity index (χ2n) is 5.21. The molecule has 3 N–H and O–H groups in total. The van der Waals surface area contributed by atoms with Gasteiger partial charge in [0.2, 0.25) is 5.91 Å². The zero-order valence-electron chi connectivity index (χ0n) is 11.8. The molecule has 5 heteroatoms. The van der Waals surface area contributed by atoms with Gasteiger partial charge in [-0.3, -0.25) is 9.59 Å². The lowest BCUT2D eigenvalue weighted by Gasteiger charge is -2.25. The average Bonchev–Trinajstić information content (AvgIpc) is 2.83. The third-order valence-corrected chi connectivity index (χ3v) is 3.89. The summed E-state index contributed by atoms with van der Waals surface area (Å²) in [6.45, 7) is 4.01. The smallest absolute Gasteiger partial charge is 0.251 e. The van der Waals surface area contributed by atoms with E-state index >= 15 is 0 Å². The molecule has 0 aliphatic carbocycles. The van der Waals surface area contributed by atoms with E-state index in [0.29, 0.717) is 24.8 Å². The molecule has 0 atom stereocenters. The third kappa shape index (κ3) is 2.99. The lowest BCUT2D eigenvalue weighted by atomic mass is 9.97. The topological polar surface area (TPSA) is 78.4 Å². The van der Waals surface area contributed by atoms with Crippen LogP contribution in [0.3, 0.4) is 0 Å². The Balaban J connectivity index is 2.04. The van der Waals surface area contributed by atoms with Gasteiger partial charge in [0, 0.05) is 17.8 Å². The number of carbonyl (C=O) groups excluding carboxylic acids is 2. The van der Waals surface area contributed by atoms with Crippen LogP contribution in [0.5, 0.6) is 0 Å². The molecule has 2 amide bonds. The molecule has 5 nitrogen and oxygen atoms in total. The van der Waals surface area contributed by atoms with Crippen LogP contribution in [0.4, 0.5) is 5.69 Å². The number of fused-ring (bicyclic) bond motifs is 1. The van der Waals surface area contributed by atoms with Crippen LogP contribution in [0.15, 0.2) is 18.2 Å². The van der Waals surface area contributed by atoms with Crippen molar-refractivity contribution in [2.75, 3.05) is 11.9 Å². The number of hydrogen-bond donors (Lipinski definition) is 3. The predicted molar refractivity (Wildman–Crippen MR) is 76.6 cm³/mol. The molecule has 0 spiro atoms. The largest absolute Gasteiger partial charge is 0.388 e. The normalized spacial score (nSPS) is 13.8. The molecule has 0 saturated carbocycles. The van der Waals surface area contributed by atoms with Crippen molar-refractivity contribution >= 4 is 17.5 Å². The van der Waals surface area contributed by atoms with Crippen LogP contribution in [0.1, 0.15) is 42.6 Å². The molecular formula is C15H20N2O3. The maximum absolute atomic E-state index is 12.1. The van der Waals surface area contributed by atoms with Crippen molar-refractivity contribution in [2.45, 2.75) is 38.7 Å². The number of anilines is 1. The monoisotopic (exact) mass is 276 g/mol. The summed E-state index contributed by atoms with van der Waals surface area (Å²) in [6, 6.07) is 5.14. The van der Waals surface area contributed by atoms with Gasteiger partial charge in [-0.15, -0.1) is 0 Å². The van der Waals surface area contributed by atoms with E-state index in [1.807, 2.05) is 13.8 Å². The lowest BCUT2D eigenvalue weighted by Crippen LogP contribution is -2.42. The minimum absolute atomic E-state index is 0.0519. The molecule has 1 heterocycles. The summed E-state index contributed by atoms with van der Waals surface area (Å²) in [5.41, 5.74) is 1.26. The Morgan fingerprint density at radius 3 is 2.75 bits per heavy atom. The predicted octanol–water partition coefficient (Wildman–Crippen LogP) is 1.46. The van der Waals surface area contributed by atoms with Gasteiger partial charge in [-0.05, 0) is 36.6 Å². The number of rotatable bonds is 5. The maximum atomic E-state index is 12.1. The fraction of sp³-hybridized carbons (Fsp3) is 0.467. The first kappa shape index (κ1) is 14.5. The fourth-order valence-corrected chi connectivity index (χ4v) is 2.22. The summed E-state index contributed by atoms with van der Waals surface area (Å²) in [4.78, 5) is 23.3. The van der Waals surface area contributed by atoms with Crippen molar-refractivity contribution in [3.8, 4) is 0 Å². The van der Waals surface area contributed by atoms with Gasteiger partial charge < -0.3 is 15.7 Å². The quantitative estimate of drug-likeness (QED) is 0.762. The molecule has 0 unspecified atom stereocenters. The van der Waals surface area contributed by atoms with Crippen molar-refractivity contribution in [3.05, 3.63) is 29.3 Å². The highest BCUT2D eigenvalue weighted by Crippen LogP contribution is 2.23.